The van der Waals surface area contributed by atoms with Crippen molar-refractivity contribution in [1.82, 2.24) is 9.78 Å². The van der Waals surface area contributed by atoms with Crippen molar-refractivity contribution in [3.63, 3.8) is 0 Å². The zero-order valence-corrected chi connectivity index (χ0v) is 11.4. The van der Waals surface area contributed by atoms with E-state index in [-0.39, 0.29) is 11.5 Å². The van der Waals surface area contributed by atoms with Crippen molar-refractivity contribution in [1.29, 1.82) is 0 Å². The summed E-state index contributed by atoms with van der Waals surface area (Å²) in [6.07, 6.45) is 0. The Hall–Kier alpha value is -1.69. The number of hydrogen-bond donors (Lipinski definition) is 0. The SMILES string of the molecule is COC(=O)c1nn(-c2cccc(F)c2)c(C)c1Br. The Morgan fingerprint density at radius 2 is 2.22 bits per heavy atom. The number of carbonyl (C=O) groups is 1. The molecular formula is C12H10BrFN2O2. The van der Waals surface area contributed by atoms with Crippen LogP contribution >= 0.6 is 15.9 Å². The van der Waals surface area contributed by atoms with Crippen molar-refractivity contribution in [3.05, 3.63) is 45.9 Å². The molecule has 4 nitrogen and oxygen atoms in total. The van der Waals surface area contributed by atoms with E-state index < -0.39 is 5.97 Å². The highest BCUT2D eigenvalue weighted by Crippen LogP contribution is 2.24. The number of aromatic nitrogens is 2. The van der Waals surface area contributed by atoms with Crippen LogP contribution in [0.25, 0.3) is 5.69 Å². The first-order valence-corrected chi connectivity index (χ1v) is 5.93. The van der Waals surface area contributed by atoms with Gasteiger partial charge in [-0.1, -0.05) is 6.07 Å². The zero-order chi connectivity index (χ0) is 13.3. The summed E-state index contributed by atoms with van der Waals surface area (Å²) in [5.74, 6) is -0.904. The van der Waals surface area contributed by atoms with Gasteiger partial charge in [-0.2, -0.15) is 5.10 Å². The maximum atomic E-state index is 13.2. The van der Waals surface area contributed by atoms with Crippen molar-refractivity contribution in [2.75, 3.05) is 7.11 Å². The number of hydrogen-bond acceptors (Lipinski definition) is 3. The Balaban J connectivity index is 2.56. The van der Waals surface area contributed by atoms with E-state index in [1.165, 1.54) is 23.9 Å². The minimum absolute atomic E-state index is 0.166. The molecule has 18 heavy (non-hydrogen) atoms. The summed E-state index contributed by atoms with van der Waals surface area (Å²) in [6, 6.07) is 5.97. The molecule has 0 amide bonds. The Morgan fingerprint density at radius 1 is 1.50 bits per heavy atom. The van der Waals surface area contributed by atoms with Crippen LogP contribution < -0.4 is 0 Å². The third-order valence-electron chi connectivity index (χ3n) is 2.47. The molecule has 0 unspecified atom stereocenters. The van der Waals surface area contributed by atoms with E-state index >= 15 is 0 Å². The van der Waals surface area contributed by atoms with Gasteiger partial charge in [-0.15, -0.1) is 0 Å². The number of esters is 1. The van der Waals surface area contributed by atoms with Gasteiger partial charge in [-0.05, 0) is 41.1 Å². The van der Waals surface area contributed by atoms with Crippen molar-refractivity contribution in [2.45, 2.75) is 6.92 Å². The Labute approximate surface area is 111 Å². The quantitative estimate of drug-likeness (QED) is 0.801. The molecule has 6 heteroatoms. The third-order valence-corrected chi connectivity index (χ3v) is 3.42. The molecule has 0 spiro atoms. The lowest BCUT2D eigenvalue weighted by atomic mass is 10.3. The van der Waals surface area contributed by atoms with Crippen LogP contribution in [0.4, 0.5) is 4.39 Å². The van der Waals surface area contributed by atoms with Gasteiger partial charge in [0.15, 0.2) is 5.69 Å². The molecule has 1 aromatic carbocycles. The Bertz CT molecular complexity index is 610. The topological polar surface area (TPSA) is 44.1 Å². The first kappa shape index (κ1) is 12.8. The average molecular weight is 313 g/mol. The van der Waals surface area contributed by atoms with Gasteiger partial charge in [0, 0.05) is 0 Å². The van der Waals surface area contributed by atoms with Gasteiger partial charge in [0.2, 0.25) is 0 Å². The molecule has 0 saturated carbocycles. The first-order valence-electron chi connectivity index (χ1n) is 5.14. The van der Waals surface area contributed by atoms with Crippen LogP contribution in [-0.2, 0) is 4.74 Å². The largest absolute Gasteiger partial charge is 0.464 e. The van der Waals surface area contributed by atoms with Crippen molar-refractivity contribution in [3.8, 4) is 5.69 Å². The fourth-order valence-corrected chi connectivity index (χ4v) is 1.98. The maximum absolute atomic E-state index is 13.2. The molecule has 0 bridgehead atoms. The van der Waals surface area contributed by atoms with E-state index in [4.69, 9.17) is 0 Å². The number of methoxy groups -OCH3 is 1. The second-order valence-electron chi connectivity index (χ2n) is 3.63. The number of carbonyl (C=O) groups excluding carboxylic acids is 1. The van der Waals surface area contributed by atoms with Crippen LogP contribution in [0.1, 0.15) is 16.2 Å². The molecule has 0 saturated heterocycles. The highest BCUT2D eigenvalue weighted by atomic mass is 79.9. The second kappa shape index (κ2) is 4.89. The van der Waals surface area contributed by atoms with Crippen LogP contribution in [0.15, 0.2) is 28.7 Å². The molecule has 0 aliphatic heterocycles. The van der Waals surface area contributed by atoms with Gasteiger partial charge < -0.3 is 4.74 Å². The standard InChI is InChI=1S/C12H10BrFN2O2/c1-7-10(13)11(12(17)18-2)15-16(7)9-5-3-4-8(14)6-9/h3-6H,1-2H3. The van der Waals surface area contributed by atoms with E-state index in [0.29, 0.717) is 15.9 Å². The second-order valence-corrected chi connectivity index (χ2v) is 4.42. The van der Waals surface area contributed by atoms with Crippen molar-refractivity contribution >= 4 is 21.9 Å². The van der Waals surface area contributed by atoms with E-state index in [1.807, 2.05) is 0 Å². The number of rotatable bonds is 2. The van der Waals surface area contributed by atoms with Gasteiger partial charge >= 0.3 is 5.97 Å². The molecular weight excluding hydrogens is 303 g/mol. The summed E-state index contributed by atoms with van der Waals surface area (Å²) >= 11 is 3.28. The summed E-state index contributed by atoms with van der Waals surface area (Å²) in [4.78, 5) is 11.5. The summed E-state index contributed by atoms with van der Waals surface area (Å²) in [5, 5.41) is 4.12. The molecule has 2 aromatic rings. The number of nitrogens with zero attached hydrogens (tertiary/aromatic N) is 2. The van der Waals surface area contributed by atoms with Gasteiger partial charge in [-0.3, -0.25) is 0 Å². The molecule has 0 aliphatic rings. The van der Waals surface area contributed by atoms with E-state index in [9.17, 15) is 9.18 Å². The van der Waals surface area contributed by atoms with Crippen molar-refractivity contribution in [2.24, 2.45) is 0 Å². The molecule has 1 heterocycles. The van der Waals surface area contributed by atoms with Crippen LogP contribution in [-0.4, -0.2) is 22.9 Å². The lowest BCUT2D eigenvalue weighted by Crippen LogP contribution is -2.05. The first-order chi connectivity index (χ1) is 8.54. The monoisotopic (exact) mass is 312 g/mol. The summed E-state index contributed by atoms with van der Waals surface area (Å²) in [6.45, 7) is 1.77. The fraction of sp³-hybridized carbons (Fsp3) is 0.167. The predicted molar refractivity (Wildman–Crippen MR) is 67.3 cm³/mol. The van der Waals surface area contributed by atoms with Gasteiger partial charge in [0.25, 0.3) is 0 Å². The van der Waals surface area contributed by atoms with E-state index in [1.54, 1.807) is 19.1 Å². The molecule has 0 radical (unpaired) electrons. The molecule has 0 fully saturated rings. The van der Waals surface area contributed by atoms with Gasteiger partial charge in [0.1, 0.15) is 5.82 Å². The van der Waals surface area contributed by atoms with Crippen LogP contribution in [0.3, 0.4) is 0 Å². The number of halogens is 2. The summed E-state index contributed by atoms with van der Waals surface area (Å²) < 4.78 is 19.8. The van der Waals surface area contributed by atoms with Gasteiger partial charge in [0.05, 0.1) is 23.0 Å². The Kier molecular flexibility index (Phi) is 3.47. The molecule has 94 valence electrons. The van der Waals surface area contributed by atoms with Crippen LogP contribution in [0, 0.1) is 12.7 Å². The van der Waals surface area contributed by atoms with Crippen molar-refractivity contribution < 1.29 is 13.9 Å². The molecule has 1 aromatic heterocycles. The smallest absolute Gasteiger partial charge is 0.359 e. The molecule has 0 atom stereocenters. The highest BCUT2D eigenvalue weighted by molar-refractivity contribution is 9.10. The lowest BCUT2D eigenvalue weighted by Gasteiger charge is -2.03. The zero-order valence-electron chi connectivity index (χ0n) is 9.78. The predicted octanol–water partition coefficient (Wildman–Crippen LogP) is 2.87. The fourth-order valence-electron chi connectivity index (χ4n) is 1.57. The summed E-state index contributed by atoms with van der Waals surface area (Å²) in [7, 11) is 1.28. The molecule has 2 rings (SSSR count). The van der Waals surface area contributed by atoms with Gasteiger partial charge in [-0.25, -0.2) is 13.9 Å². The third kappa shape index (κ3) is 2.15. The van der Waals surface area contributed by atoms with E-state index in [0.717, 1.165) is 0 Å². The maximum Gasteiger partial charge on any atom is 0.359 e. The molecule has 0 N–H and O–H groups in total. The van der Waals surface area contributed by atoms with E-state index in [2.05, 4.69) is 25.8 Å². The lowest BCUT2D eigenvalue weighted by molar-refractivity contribution is 0.0592. The summed E-state index contributed by atoms with van der Waals surface area (Å²) in [5.41, 5.74) is 1.41. The average Bonchev–Trinajstić information content (AvgIpc) is 2.66. The minimum atomic E-state index is -0.542. The minimum Gasteiger partial charge on any atom is -0.464 e. The Morgan fingerprint density at radius 3 is 2.83 bits per heavy atom. The number of benzene rings is 1. The van der Waals surface area contributed by atoms with Crippen LogP contribution in [0.5, 0.6) is 0 Å². The highest BCUT2D eigenvalue weighted by Gasteiger charge is 2.20. The number of ether oxygens (including phenoxy) is 1. The normalized spacial score (nSPS) is 10.4. The van der Waals surface area contributed by atoms with Crippen LogP contribution in [0.2, 0.25) is 0 Å². The molecule has 0 aliphatic carbocycles.